The molecule has 3 aromatic rings. The second-order valence-corrected chi connectivity index (χ2v) is 9.63. The number of alkyl halides is 3. The smallest absolute Gasteiger partial charge is 0.376 e. The molecule has 9 heteroatoms. The largest absolute Gasteiger partial charge is 0.534 e. The molecule has 0 radical (unpaired) electrons. The lowest BCUT2D eigenvalue weighted by Crippen LogP contribution is -2.31. The lowest BCUT2D eigenvalue weighted by atomic mass is 9.97. The Morgan fingerprint density at radius 2 is 1.91 bits per heavy atom. The molecule has 32 heavy (non-hydrogen) atoms. The van der Waals surface area contributed by atoms with E-state index >= 15 is 0 Å². The molecular weight excluding hydrogens is 441 g/mol. The Hall–Kier alpha value is -2.78. The summed E-state index contributed by atoms with van der Waals surface area (Å²) in [5.74, 6) is -0.307. The number of rotatable bonds is 5. The molecule has 1 aliphatic heterocycles. The first-order chi connectivity index (χ1) is 15.1. The van der Waals surface area contributed by atoms with Gasteiger partial charge in [0.25, 0.3) is 0 Å². The molecule has 0 spiro atoms. The van der Waals surface area contributed by atoms with E-state index in [1.54, 1.807) is 6.07 Å². The molecule has 0 amide bonds. The second kappa shape index (κ2) is 8.29. The first-order valence-electron chi connectivity index (χ1n) is 10.1. The van der Waals surface area contributed by atoms with Gasteiger partial charge >= 0.3 is 15.6 Å². The summed E-state index contributed by atoms with van der Waals surface area (Å²) in [5, 5.41) is 0.706. The average Bonchev–Trinajstić information content (AvgIpc) is 3.05. The number of aromatic nitrogens is 1. The number of aromatic amines is 1. The molecule has 0 bridgehead atoms. The van der Waals surface area contributed by atoms with Crippen LogP contribution in [0.3, 0.4) is 0 Å². The molecule has 1 aliphatic rings. The lowest BCUT2D eigenvalue weighted by molar-refractivity contribution is -0.0500. The Balaban J connectivity index is 1.90. The summed E-state index contributed by atoms with van der Waals surface area (Å²) >= 11 is 0. The molecule has 5 nitrogen and oxygen atoms in total. The SMILES string of the molecule is CC(C)=CC1c2c(OS(=O)(=O)C(F)(F)F)ccc3[nH]cc(c23)CCN1Cc1ccccc1. The molecule has 2 heterocycles. The van der Waals surface area contributed by atoms with Crippen molar-refractivity contribution >= 4 is 21.0 Å². The summed E-state index contributed by atoms with van der Waals surface area (Å²) in [6.07, 6.45) is 4.41. The summed E-state index contributed by atoms with van der Waals surface area (Å²) in [4.78, 5) is 5.27. The minimum atomic E-state index is -5.81. The van der Waals surface area contributed by atoms with Crippen LogP contribution in [0.5, 0.6) is 5.75 Å². The van der Waals surface area contributed by atoms with Crippen molar-refractivity contribution in [2.45, 2.75) is 38.4 Å². The molecule has 0 fully saturated rings. The zero-order valence-electron chi connectivity index (χ0n) is 17.6. The van der Waals surface area contributed by atoms with Gasteiger partial charge in [0, 0.05) is 35.8 Å². The van der Waals surface area contributed by atoms with Gasteiger partial charge in [-0.25, -0.2) is 0 Å². The van der Waals surface area contributed by atoms with Crippen LogP contribution in [0.2, 0.25) is 0 Å². The van der Waals surface area contributed by atoms with Crippen molar-refractivity contribution < 1.29 is 25.8 Å². The van der Waals surface area contributed by atoms with Crippen LogP contribution in [-0.2, 0) is 23.1 Å². The fourth-order valence-electron chi connectivity index (χ4n) is 4.12. The highest BCUT2D eigenvalue weighted by molar-refractivity contribution is 7.88. The first kappa shape index (κ1) is 22.4. The van der Waals surface area contributed by atoms with E-state index in [0.29, 0.717) is 30.5 Å². The molecule has 1 unspecified atom stereocenters. The maximum absolute atomic E-state index is 13.1. The van der Waals surface area contributed by atoms with Crippen molar-refractivity contribution in [1.29, 1.82) is 0 Å². The minimum absolute atomic E-state index is 0.307. The van der Waals surface area contributed by atoms with Crippen LogP contribution in [-0.4, -0.2) is 30.4 Å². The third-order valence-electron chi connectivity index (χ3n) is 5.49. The number of allylic oxidation sites excluding steroid dienone is 1. The molecule has 0 saturated heterocycles. The maximum atomic E-state index is 13.1. The van der Waals surface area contributed by atoms with Gasteiger partial charge in [-0.05, 0) is 43.5 Å². The third kappa shape index (κ3) is 4.27. The molecule has 170 valence electrons. The van der Waals surface area contributed by atoms with E-state index in [0.717, 1.165) is 22.2 Å². The van der Waals surface area contributed by atoms with Crippen molar-refractivity contribution in [3.63, 3.8) is 0 Å². The predicted molar refractivity (Wildman–Crippen MR) is 117 cm³/mol. The van der Waals surface area contributed by atoms with Crippen LogP contribution in [0.4, 0.5) is 13.2 Å². The number of nitrogens with one attached hydrogen (secondary N) is 1. The Kier molecular flexibility index (Phi) is 5.81. The number of nitrogens with zero attached hydrogens (tertiary/aromatic N) is 1. The van der Waals surface area contributed by atoms with E-state index in [2.05, 4.69) is 9.88 Å². The molecular formula is C23H23F3N2O3S. The minimum Gasteiger partial charge on any atom is -0.376 e. The fraction of sp³-hybridized carbons (Fsp3) is 0.304. The van der Waals surface area contributed by atoms with Crippen LogP contribution in [0, 0.1) is 0 Å². The van der Waals surface area contributed by atoms with Gasteiger partial charge < -0.3 is 9.17 Å². The van der Waals surface area contributed by atoms with Gasteiger partial charge in [0.05, 0.1) is 6.04 Å². The standard InChI is InChI=1S/C23H23F3N2O3S/c1-15(2)12-19-22-20(31-32(29,30)23(24,25)26)9-8-18-21(22)17(13-27-18)10-11-28(19)14-16-6-4-3-5-7-16/h3-9,12-13,19,27H,10-11,14H2,1-2H3. The quantitative estimate of drug-likeness (QED) is 0.309. The number of benzene rings is 2. The van der Waals surface area contributed by atoms with Crippen molar-refractivity contribution in [1.82, 2.24) is 9.88 Å². The first-order valence-corrected chi connectivity index (χ1v) is 11.5. The highest BCUT2D eigenvalue weighted by Gasteiger charge is 2.49. The van der Waals surface area contributed by atoms with E-state index in [-0.39, 0.29) is 5.75 Å². The zero-order chi connectivity index (χ0) is 23.1. The van der Waals surface area contributed by atoms with E-state index < -0.39 is 21.7 Å². The molecule has 0 aliphatic carbocycles. The van der Waals surface area contributed by atoms with E-state index in [9.17, 15) is 21.6 Å². The van der Waals surface area contributed by atoms with Gasteiger partial charge in [0.2, 0.25) is 0 Å². The fourth-order valence-corrected chi connectivity index (χ4v) is 4.59. The number of hydrogen-bond donors (Lipinski definition) is 1. The number of H-pyrrole nitrogens is 1. The van der Waals surface area contributed by atoms with E-state index in [1.165, 1.54) is 6.07 Å². The summed E-state index contributed by atoms with van der Waals surface area (Å²) in [6, 6.07) is 12.1. The molecule has 1 atom stereocenters. The van der Waals surface area contributed by atoms with Crippen LogP contribution in [0.15, 0.2) is 60.3 Å². The normalized spacial score (nSPS) is 17.2. The highest BCUT2D eigenvalue weighted by atomic mass is 32.2. The molecule has 2 aromatic carbocycles. The average molecular weight is 465 g/mol. The van der Waals surface area contributed by atoms with Crippen LogP contribution in [0.25, 0.3) is 10.9 Å². The monoisotopic (exact) mass is 464 g/mol. The summed E-state index contributed by atoms with van der Waals surface area (Å²) in [5.41, 5.74) is -1.47. The van der Waals surface area contributed by atoms with Crippen molar-refractivity contribution in [2.75, 3.05) is 6.54 Å². The van der Waals surface area contributed by atoms with Gasteiger partial charge in [-0.2, -0.15) is 21.6 Å². The molecule has 4 rings (SSSR count). The predicted octanol–water partition coefficient (Wildman–Crippen LogP) is 5.46. The Morgan fingerprint density at radius 3 is 2.56 bits per heavy atom. The van der Waals surface area contributed by atoms with Gasteiger partial charge in [0.1, 0.15) is 5.75 Å². The zero-order valence-corrected chi connectivity index (χ0v) is 18.4. The van der Waals surface area contributed by atoms with E-state index in [1.807, 2.05) is 56.5 Å². The molecule has 0 saturated carbocycles. The Labute approximate surface area is 184 Å². The Bertz CT molecular complexity index is 1260. The second-order valence-electron chi connectivity index (χ2n) is 8.09. The van der Waals surface area contributed by atoms with Crippen LogP contribution < -0.4 is 4.18 Å². The van der Waals surface area contributed by atoms with Crippen LogP contribution in [0.1, 0.15) is 36.6 Å². The third-order valence-corrected chi connectivity index (χ3v) is 6.45. The van der Waals surface area contributed by atoms with Gasteiger partial charge in [-0.3, -0.25) is 4.90 Å². The van der Waals surface area contributed by atoms with Gasteiger partial charge in [-0.1, -0.05) is 42.0 Å². The van der Waals surface area contributed by atoms with Gasteiger partial charge in [0.15, 0.2) is 0 Å². The topological polar surface area (TPSA) is 62.4 Å². The number of halogens is 3. The number of hydrogen-bond acceptors (Lipinski definition) is 4. The summed E-state index contributed by atoms with van der Waals surface area (Å²) in [6.45, 7) is 4.98. The highest BCUT2D eigenvalue weighted by Crippen LogP contribution is 2.43. The Morgan fingerprint density at radius 1 is 1.19 bits per heavy atom. The molecule has 1 N–H and O–H groups in total. The summed E-state index contributed by atoms with van der Waals surface area (Å²) < 4.78 is 67.8. The van der Waals surface area contributed by atoms with Crippen molar-refractivity contribution in [2.24, 2.45) is 0 Å². The van der Waals surface area contributed by atoms with Crippen LogP contribution >= 0.6 is 0 Å². The van der Waals surface area contributed by atoms with Crippen molar-refractivity contribution in [3.8, 4) is 5.75 Å². The van der Waals surface area contributed by atoms with E-state index in [4.69, 9.17) is 4.18 Å². The summed E-state index contributed by atoms with van der Waals surface area (Å²) in [7, 11) is -5.81. The van der Waals surface area contributed by atoms with Gasteiger partial charge in [-0.15, -0.1) is 0 Å². The van der Waals surface area contributed by atoms with Crippen molar-refractivity contribution in [3.05, 3.63) is 77.0 Å². The lowest BCUT2D eigenvalue weighted by Gasteiger charge is -2.30. The molecule has 1 aromatic heterocycles. The maximum Gasteiger partial charge on any atom is 0.534 e.